The highest BCUT2D eigenvalue weighted by molar-refractivity contribution is 5.94. The van der Waals surface area contributed by atoms with E-state index in [0.717, 1.165) is 38.5 Å². The van der Waals surface area contributed by atoms with Crippen molar-refractivity contribution in [2.24, 2.45) is 0 Å². The summed E-state index contributed by atoms with van der Waals surface area (Å²) in [5, 5.41) is 0. The van der Waals surface area contributed by atoms with Gasteiger partial charge in [-0.2, -0.15) is 0 Å². The van der Waals surface area contributed by atoms with Crippen LogP contribution in [0.4, 0.5) is 0 Å². The number of rotatable bonds is 12. The summed E-state index contributed by atoms with van der Waals surface area (Å²) in [4.78, 5) is 45.6. The van der Waals surface area contributed by atoms with Crippen molar-refractivity contribution in [3.63, 3.8) is 0 Å². The maximum atomic E-state index is 11.6. The van der Waals surface area contributed by atoms with Crippen molar-refractivity contribution in [2.45, 2.75) is 52.4 Å². The predicted molar refractivity (Wildman–Crippen MR) is 135 cm³/mol. The summed E-state index contributed by atoms with van der Waals surface area (Å²) in [6.07, 6.45) is 6.03. The van der Waals surface area contributed by atoms with Crippen LogP contribution in [0.15, 0.2) is 48.5 Å². The molecule has 0 saturated heterocycles. The van der Waals surface area contributed by atoms with E-state index in [9.17, 15) is 19.2 Å². The van der Waals surface area contributed by atoms with E-state index in [-0.39, 0.29) is 11.9 Å². The summed E-state index contributed by atoms with van der Waals surface area (Å²) in [5.41, 5.74) is 1.72. The van der Waals surface area contributed by atoms with Gasteiger partial charge in [0.2, 0.25) is 0 Å². The molecule has 0 fully saturated rings. The van der Waals surface area contributed by atoms with Gasteiger partial charge in [0.05, 0.1) is 49.7 Å². The van der Waals surface area contributed by atoms with Crippen LogP contribution < -0.4 is 0 Å². The highest BCUT2D eigenvalue weighted by atomic mass is 16.5. The molecule has 0 unspecified atom stereocenters. The molecule has 0 amide bonds. The smallest absolute Gasteiger partial charge is 0.338 e. The average Bonchev–Trinajstić information content (AvgIpc) is 2.92. The van der Waals surface area contributed by atoms with Crippen LogP contribution in [0.2, 0.25) is 0 Å². The third kappa shape index (κ3) is 11.2. The van der Waals surface area contributed by atoms with Crippen LogP contribution in [0.5, 0.6) is 0 Å². The third-order valence-corrected chi connectivity index (χ3v) is 5.05. The van der Waals surface area contributed by atoms with E-state index in [2.05, 4.69) is 23.3 Å². The van der Waals surface area contributed by atoms with Crippen molar-refractivity contribution in [3.05, 3.63) is 70.8 Å². The first-order valence-corrected chi connectivity index (χ1v) is 12.1. The van der Waals surface area contributed by atoms with Gasteiger partial charge in [0.1, 0.15) is 0 Å². The van der Waals surface area contributed by atoms with Crippen molar-refractivity contribution in [1.29, 1.82) is 0 Å². The molecule has 2 aromatic carbocycles. The summed E-state index contributed by atoms with van der Waals surface area (Å²) >= 11 is 0. The van der Waals surface area contributed by atoms with E-state index >= 15 is 0 Å². The van der Waals surface area contributed by atoms with E-state index in [1.54, 1.807) is 48.5 Å². The van der Waals surface area contributed by atoms with Gasteiger partial charge in [0.25, 0.3) is 0 Å². The van der Waals surface area contributed by atoms with Crippen molar-refractivity contribution < 1.29 is 38.1 Å². The van der Waals surface area contributed by atoms with Gasteiger partial charge in [-0.05, 0) is 61.4 Å². The highest BCUT2D eigenvalue weighted by Gasteiger charge is 2.10. The molecule has 8 nitrogen and oxygen atoms in total. The zero-order valence-corrected chi connectivity index (χ0v) is 21.5. The van der Waals surface area contributed by atoms with Gasteiger partial charge in [0, 0.05) is 0 Å². The summed E-state index contributed by atoms with van der Waals surface area (Å²) in [6, 6.07) is 12.5. The minimum Gasteiger partial charge on any atom is -0.465 e. The largest absolute Gasteiger partial charge is 0.465 e. The van der Waals surface area contributed by atoms with Crippen LogP contribution in [-0.2, 0) is 18.9 Å². The van der Waals surface area contributed by atoms with Gasteiger partial charge < -0.3 is 18.9 Å². The first-order valence-electron chi connectivity index (χ1n) is 12.1. The molecule has 0 aromatic heterocycles. The van der Waals surface area contributed by atoms with E-state index in [4.69, 9.17) is 9.47 Å². The van der Waals surface area contributed by atoms with Crippen LogP contribution in [-0.4, -0.2) is 51.3 Å². The minimum atomic E-state index is -0.419. The molecular formula is C28H36O8. The number of hydrogen-bond donors (Lipinski definition) is 0. The molecule has 0 aliphatic heterocycles. The normalized spacial score (nSPS) is 9.89. The van der Waals surface area contributed by atoms with Crippen LogP contribution in [0.25, 0.3) is 0 Å². The number of ether oxygens (including phenoxy) is 4. The Kier molecular flexibility index (Phi) is 14.9. The zero-order chi connectivity index (χ0) is 26.8. The quantitative estimate of drug-likeness (QED) is 0.209. The third-order valence-electron chi connectivity index (χ3n) is 5.05. The van der Waals surface area contributed by atoms with E-state index in [1.165, 1.54) is 14.2 Å². The van der Waals surface area contributed by atoms with Gasteiger partial charge in [-0.25, -0.2) is 19.2 Å². The standard InChI is InChI=1S/2C14H18O4/c2*1-3-4-5-10-18-14(16)12-8-6-11(7-9-12)13(15)17-2/h2*6-9H,3-5,10H2,1-2H3. The molecule has 0 saturated carbocycles. The average molecular weight is 501 g/mol. The van der Waals surface area contributed by atoms with Gasteiger partial charge in [-0.3, -0.25) is 0 Å². The Labute approximate surface area is 212 Å². The van der Waals surface area contributed by atoms with Crippen molar-refractivity contribution in [1.82, 2.24) is 0 Å². The Morgan fingerprint density at radius 1 is 0.500 bits per heavy atom. The minimum absolute atomic E-state index is 0.359. The van der Waals surface area contributed by atoms with Crippen LogP contribution in [0.3, 0.4) is 0 Å². The maximum Gasteiger partial charge on any atom is 0.338 e. The van der Waals surface area contributed by atoms with Crippen LogP contribution in [0.1, 0.15) is 93.8 Å². The first-order chi connectivity index (χ1) is 17.4. The molecule has 8 heteroatoms. The molecule has 0 radical (unpaired) electrons. The molecule has 0 aliphatic carbocycles. The molecule has 0 aliphatic rings. The number of benzene rings is 2. The molecular weight excluding hydrogens is 464 g/mol. The van der Waals surface area contributed by atoms with Gasteiger partial charge in [-0.15, -0.1) is 0 Å². The Balaban J connectivity index is 0.000000360. The second-order valence-electron chi connectivity index (χ2n) is 7.82. The number of carbonyl (C=O) groups is 4. The lowest BCUT2D eigenvalue weighted by atomic mass is 10.1. The fourth-order valence-corrected chi connectivity index (χ4v) is 2.92. The number of esters is 4. The topological polar surface area (TPSA) is 105 Å². The van der Waals surface area contributed by atoms with E-state index in [0.29, 0.717) is 35.5 Å². The highest BCUT2D eigenvalue weighted by Crippen LogP contribution is 2.09. The predicted octanol–water partition coefficient (Wildman–Crippen LogP) is 5.64. The van der Waals surface area contributed by atoms with Crippen LogP contribution in [0, 0.1) is 0 Å². The second-order valence-corrected chi connectivity index (χ2v) is 7.82. The monoisotopic (exact) mass is 500 g/mol. The molecule has 0 atom stereocenters. The molecule has 0 bridgehead atoms. The molecule has 2 rings (SSSR count). The van der Waals surface area contributed by atoms with Gasteiger partial charge >= 0.3 is 23.9 Å². The van der Waals surface area contributed by atoms with Crippen molar-refractivity contribution in [2.75, 3.05) is 27.4 Å². The number of unbranched alkanes of at least 4 members (excludes halogenated alkanes) is 4. The van der Waals surface area contributed by atoms with Crippen molar-refractivity contribution >= 4 is 23.9 Å². The fourth-order valence-electron chi connectivity index (χ4n) is 2.92. The Hall–Kier alpha value is -3.68. The van der Waals surface area contributed by atoms with Gasteiger partial charge in [-0.1, -0.05) is 39.5 Å². The molecule has 36 heavy (non-hydrogen) atoms. The lowest BCUT2D eigenvalue weighted by molar-refractivity contribution is 0.0488. The zero-order valence-electron chi connectivity index (χ0n) is 21.5. The lowest BCUT2D eigenvalue weighted by Gasteiger charge is -2.05. The summed E-state index contributed by atoms with van der Waals surface area (Å²) < 4.78 is 19.3. The number of carbonyl (C=O) groups excluding carboxylic acids is 4. The Morgan fingerprint density at radius 2 is 0.778 bits per heavy atom. The van der Waals surface area contributed by atoms with E-state index in [1.807, 2.05) is 0 Å². The molecule has 0 heterocycles. The fraction of sp³-hybridized carbons (Fsp3) is 0.429. The maximum absolute atomic E-state index is 11.6. The summed E-state index contributed by atoms with van der Waals surface area (Å²) in [5.74, 6) is -1.55. The molecule has 196 valence electrons. The summed E-state index contributed by atoms with van der Waals surface area (Å²) in [7, 11) is 2.64. The van der Waals surface area contributed by atoms with E-state index < -0.39 is 11.9 Å². The lowest BCUT2D eigenvalue weighted by Crippen LogP contribution is -2.07. The van der Waals surface area contributed by atoms with Gasteiger partial charge in [0.15, 0.2) is 0 Å². The van der Waals surface area contributed by atoms with Crippen LogP contribution >= 0.6 is 0 Å². The Bertz CT molecular complexity index is 869. The number of hydrogen-bond acceptors (Lipinski definition) is 8. The van der Waals surface area contributed by atoms with Crippen molar-refractivity contribution in [3.8, 4) is 0 Å². The first kappa shape index (κ1) is 30.4. The number of methoxy groups -OCH3 is 2. The SMILES string of the molecule is CCCCCOC(=O)c1ccc(C(=O)OC)cc1.CCCCCOC(=O)c1ccc(C(=O)OC)cc1. The molecule has 2 aromatic rings. The molecule has 0 spiro atoms. The second kappa shape index (κ2) is 17.7. The Morgan fingerprint density at radius 3 is 1.03 bits per heavy atom. The summed E-state index contributed by atoms with van der Waals surface area (Å²) in [6.45, 7) is 5.05. The molecule has 0 N–H and O–H groups in total.